The number of aliphatic hydroxyl groups excluding tert-OH is 1. The van der Waals surface area contributed by atoms with Gasteiger partial charge in [0.15, 0.2) is 4.77 Å². The van der Waals surface area contributed by atoms with Gasteiger partial charge in [-0.05, 0) is 47.6 Å². The van der Waals surface area contributed by atoms with Crippen molar-refractivity contribution in [2.75, 3.05) is 23.4 Å². The highest BCUT2D eigenvalue weighted by molar-refractivity contribution is 7.71. The predicted octanol–water partition coefficient (Wildman–Crippen LogP) is 4.20. The summed E-state index contributed by atoms with van der Waals surface area (Å²) >= 11 is 5.24. The van der Waals surface area contributed by atoms with E-state index in [9.17, 15) is 9.90 Å². The van der Waals surface area contributed by atoms with Crippen molar-refractivity contribution < 1.29 is 9.90 Å². The minimum Gasteiger partial charge on any atom is -0.395 e. The first-order valence-electron chi connectivity index (χ1n) is 10.5. The van der Waals surface area contributed by atoms with E-state index in [2.05, 4.69) is 42.8 Å². The number of carbonyl (C=O) groups is 1. The Bertz CT molecular complexity index is 1090. The second-order valence-electron chi connectivity index (χ2n) is 8.72. The van der Waals surface area contributed by atoms with Gasteiger partial charge in [-0.3, -0.25) is 14.5 Å². The summed E-state index contributed by atoms with van der Waals surface area (Å²) in [7, 11) is -1.03. The highest BCUT2D eigenvalue weighted by Crippen LogP contribution is 2.32. The lowest BCUT2D eigenvalue weighted by Crippen LogP contribution is -2.53. The van der Waals surface area contributed by atoms with Gasteiger partial charge in [-0.15, -0.1) is 0 Å². The van der Waals surface area contributed by atoms with E-state index in [4.69, 9.17) is 12.2 Å². The summed E-state index contributed by atoms with van der Waals surface area (Å²) in [6.07, 6.45) is 1.60. The summed E-state index contributed by atoms with van der Waals surface area (Å²) < 4.78 is 2.22. The molecule has 169 valence electrons. The number of aromatic nitrogens is 3. The summed E-state index contributed by atoms with van der Waals surface area (Å²) in [5, 5.41) is 20.0. The molecule has 2 aromatic carbocycles. The van der Waals surface area contributed by atoms with Crippen LogP contribution in [0.2, 0.25) is 11.6 Å². The van der Waals surface area contributed by atoms with Gasteiger partial charge >= 0.3 is 0 Å². The van der Waals surface area contributed by atoms with Crippen molar-refractivity contribution in [2.24, 2.45) is 0 Å². The first kappa shape index (κ1) is 23.9. The molecule has 7 nitrogen and oxygen atoms in total. The van der Waals surface area contributed by atoms with Crippen LogP contribution in [0, 0.1) is 4.77 Å². The summed E-state index contributed by atoms with van der Waals surface area (Å²) in [6.45, 7) is 8.94. The van der Waals surface area contributed by atoms with Crippen LogP contribution in [0.15, 0.2) is 60.9 Å². The maximum absolute atomic E-state index is 13.1. The zero-order valence-corrected chi connectivity index (χ0v) is 20.7. The predicted molar refractivity (Wildman–Crippen MR) is 133 cm³/mol. The number of benzene rings is 2. The van der Waals surface area contributed by atoms with Crippen LogP contribution in [0.1, 0.15) is 20.8 Å². The fourth-order valence-electron chi connectivity index (χ4n) is 3.49. The number of aliphatic hydroxyl groups is 1. The monoisotopic (exact) mass is 468 g/mol. The van der Waals surface area contributed by atoms with Crippen LogP contribution in [0.3, 0.4) is 0 Å². The van der Waals surface area contributed by atoms with E-state index in [1.807, 2.05) is 59.5 Å². The smallest absolute Gasteiger partial charge is 0.243 e. The number of amides is 1. The number of carbonyl (C=O) groups excluding carboxylic acids is 1. The van der Waals surface area contributed by atoms with Crippen molar-refractivity contribution in [3.63, 3.8) is 0 Å². The average molecular weight is 469 g/mol. The molecular formula is C23H30N5O2SSi. The van der Waals surface area contributed by atoms with Crippen molar-refractivity contribution in [3.05, 3.63) is 65.7 Å². The van der Waals surface area contributed by atoms with Crippen LogP contribution in [-0.2, 0) is 4.79 Å². The Morgan fingerprint density at radius 3 is 2.56 bits per heavy atom. The minimum absolute atomic E-state index is 0.00152. The zero-order chi connectivity index (χ0) is 23.3. The number of para-hydroxylation sites is 1. The van der Waals surface area contributed by atoms with Gasteiger partial charge in [0.05, 0.1) is 27.6 Å². The molecule has 3 aromatic rings. The van der Waals surface area contributed by atoms with Gasteiger partial charge < -0.3 is 15.3 Å². The SMILES string of the molecule is C[Si](C(CO)N(CC(=O)Nc1cccc(-n2cn[nH]c2=S)c1)c1ccccc1)C(C)(C)C. The Morgan fingerprint density at radius 2 is 1.97 bits per heavy atom. The molecule has 0 saturated carbocycles. The molecule has 0 spiro atoms. The van der Waals surface area contributed by atoms with Gasteiger partial charge in [0, 0.05) is 17.0 Å². The number of aromatic amines is 1. The van der Waals surface area contributed by atoms with Gasteiger partial charge in [0.25, 0.3) is 0 Å². The summed E-state index contributed by atoms with van der Waals surface area (Å²) in [5.74, 6) is -0.149. The van der Waals surface area contributed by atoms with Crippen LogP contribution < -0.4 is 10.2 Å². The highest BCUT2D eigenvalue weighted by atomic mass is 32.1. The van der Waals surface area contributed by atoms with Crippen molar-refractivity contribution in [3.8, 4) is 5.69 Å². The van der Waals surface area contributed by atoms with Gasteiger partial charge in [0.2, 0.25) is 5.91 Å². The van der Waals surface area contributed by atoms with E-state index < -0.39 is 8.80 Å². The third kappa shape index (κ3) is 5.73. The van der Waals surface area contributed by atoms with Gasteiger partial charge in [-0.25, -0.2) is 0 Å². The van der Waals surface area contributed by atoms with Gasteiger partial charge in [-0.2, -0.15) is 5.10 Å². The maximum Gasteiger partial charge on any atom is 0.243 e. The fourth-order valence-corrected chi connectivity index (χ4v) is 5.68. The van der Waals surface area contributed by atoms with Crippen molar-refractivity contribution in [1.29, 1.82) is 0 Å². The normalized spacial score (nSPS) is 12.6. The zero-order valence-electron chi connectivity index (χ0n) is 18.9. The summed E-state index contributed by atoms with van der Waals surface area (Å²) in [5.41, 5.74) is 2.29. The Hall–Kier alpha value is -2.75. The summed E-state index contributed by atoms with van der Waals surface area (Å²) in [6, 6.07) is 17.3. The first-order valence-corrected chi connectivity index (χ1v) is 13.0. The Kier molecular flexibility index (Phi) is 7.65. The van der Waals surface area contributed by atoms with E-state index in [1.165, 1.54) is 0 Å². The molecule has 1 atom stereocenters. The van der Waals surface area contributed by atoms with Crippen LogP contribution >= 0.6 is 12.2 Å². The van der Waals surface area contributed by atoms with Crippen LogP contribution in [0.4, 0.5) is 11.4 Å². The second-order valence-corrected chi connectivity index (χ2v) is 12.6. The third-order valence-electron chi connectivity index (χ3n) is 5.59. The Morgan fingerprint density at radius 1 is 1.25 bits per heavy atom. The molecule has 0 aliphatic carbocycles. The molecule has 0 aliphatic rings. The Labute approximate surface area is 195 Å². The molecule has 1 radical (unpaired) electrons. The van der Waals surface area contributed by atoms with Crippen LogP contribution in [0.5, 0.6) is 0 Å². The molecule has 9 heteroatoms. The second kappa shape index (κ2) is 10.2. The highest BCUT2D eigenvalue weighted by Gasteiger charge is 2.34. The fraction of sp³-hybridized carbons (Fsp3) is 0.348. The maximum atomic E-state index is 13.1. The molecule has 32 heavy (non-hydrogen) atoms. The minimum atomic E-state index is -1.03. The molecular weight excluding hydrogens is 438 g/mol. The molecule has 0 saturated heterocycles. The van der Waals surface area contributed by atoms with Gasteiger partial charge in [0.1, 0.15) is 6.33 Å². The lowest BCUT2D eigenvalue weighted by molar-refractivity contribution is -0.115. The number of rotatable bonds is 8. The van der Waals surface area contributed by atoms with E-state index in [0.29, 0.717) is 10.5 Å². The molecule has 1 heterocycles. The molecule has 0 fully saturated rings. The third-order valence-corrected chi connectivity index (χ3v) is 9.74. The van der Waals surface area contributed by atoms with E-state index >= 15 is 0 Å². The summed E-state index contributed by atoms with van der Waals surface area (Å²) in [4.78, 5) is 15.1. The lowest BCUT2D eigenvalue weighted by Gasteiger charge is -2.40. The average Bonchev–Trinajstić information content (AvgIpc) is 3.19. The number of nitrogens with zero attached hydrogens (tertiary/aromatic N) is 3. The Balaban J connectivity index is 1.83. The lowest BCUT2D eigenvalue weighted by atomic mass is 10.2. The standard InChI is InChI=1S/C23H30N5O2SSi/c1-23(2,3)32(4)21(15-29)27(18-10-6-5-7-11-18)14-20(30)25-17-9-8-12-19(13-17)28-16-24-26-22(28)31/h5-13,16,21,29H,14-15H2,1-4H3,(H,25,30)(H,26,31). The molecule has 1 aromatic heterocycles. The molecule has 3 rings (SSSR count). The van der Waals surface area contributed by atoms with Crippen LogP contribution in [-0.4, -0.2) is 53.4 Å². The van der Waals surface area contributed by atoms with Crippen molar-refractivity contribution in [2.45, 2.75) is 38.0 Å². The largest absolute Gasteiger partial charge is 0.395 e. The van der Waals surface area contributed by atoms with Crippen molar-refractivity contribution in [1.82, 2.24) is 14.8 Å². The van der Waals surface area contributed by atoms with E-state index in [1.54, 1.807) is 10.9 Å². The topological polar surface area (TPSA) is 86.2 Å². The molecule has 0 aliphatic heterocycles. The number of hydrogen-bond acceptors (Lipinski definition) is 5. The molecule has 0 bridgehead atoms. The number of H-pyrrole nitrogens is 1. The van der Waals surface area contributed by atoms with Crippen molar-refractivity contribution >= 4 is 38.3 Å². The number of hydrogen-bond donors (Lipinski definition) is 3. The van der Waals surface area contributed by atoms with Crippen LogP contribution in [0.25, 0.3) is 5.69 Å². The number of anilines is 2. The van der Waals surface area contributed by atoms with E-state index in [-0.39, 0.29) is 29.8 Å². The first-order chi connectivity index (χ1) is 15.2. The quantitative estimate of drug-likeness (QED) is 0.341. The van der Waals surface area contributed by atoms with E-state index in [0.717, 1.165) is 11.4 Å². The molecule has 3 N–H and O–H groups in total. The molecule has 1 unspecified atom stereocenters. The molecule has 1 amide bonds. The van der Waals surface area contributed by atoms with Gasteiger partial charge in [-0.1, -0.05) is 51.6 Å². The number of nitrogens with one attached hydrogen (secondary N) is 2.